The van der Waals surface area contributed by atoms with Crippen LogP contribution in [-0.4, -0.2) is 34.4 Å². The summed E-state index contributed by atoms with van der Waals surface area (Å²) in [6, 6.07) is 0. The Morgan fingerprint density at radius 2 is 2.19 bits per heavy atom. The van der Waals surface area contributed by atoms with E-state index in [4.69, 9.17) is 16.7 Å². The number of halogens is 1. The standard InChI is InChI=1S/C8H12ClN5O2/c1-5(13-14-8(15)16-2)12-6-3-10-7(9)11-4-6/h3-4,8,14-15H,1-2H3,(H,12,13). The minimum atomic E-state index is -1.10. The van der Waals surface area contributed by atoms with Gasteiger partial charge in [0.2, 0.25) is 11.7 Å². The minimum absolute atomic E-state index is 0.164. The Labute approximate surface area is 97.5 Å². The third-order valence-corrected chi connectivity index (χ3v) is 1.70. The largest absolute Gasteiger partial charge is 0.355 e. The topological polar surface area (TPSA) is 91.7 Å². The fraction of sp³-hybridized carbons (Fsp3) is 0.375. The molecule has 0 saturated carbocycles. The van der Waals surface area contributed by atoms with Gasteiger partial charge >= 0.3 is 0 Å². The first kappa shape index (κ1) is 12.8. The molecule has 0 spiro atoms. The minimum Gasteiger partial charge on any atom is -0.355 e. The SMILES string of the molecule is COC(O)NNC(C)=Nc1cnc(Cl)nc1. The summed E-state index contributed by atoms with van der Waals surface area (Å²) < 4.78 is 4.55. The summed E-state index contributed by atoms with van der Waals surface area (Å²) in [6.45, 7) is 1.70. The first-order valence-electron chi connectivity index (χ1n) is 4.37. The average molecular weight is 246 g/mol. The second-order valence-electron chi connectivity index (χ2n) is 2.76. The van der Waals surface area contributed by atoms with Crippen LogP contribution >= 0.6 is 11.6 Å². The van der Waals surface area contributed by atoms with Crippen LogP contribution in [0, 0.1) is 0 Å². The number of nitrogens with zero attached hydrogens (tertiary/aromatic N) is 3. The molecule has 0 saturated heterocycles. The van der Waals surface area contributed by atoms with Gasteiger partial charge in [0.05, 0.1) is 12.4 Å². The van der Waals surface area contributed by atoms with E-state index in [1.807, 2.05) is 0 Å². The first-order chi connectivity index (χ1) is 7.61. The van der Waals surface area contributed by atoms with Crippen LogP contribution in [0.15, 0.2) is 17.4 Å². The normalized spacial score (nSPS) is 13.6. The van der Waals surface area contributed by atoms with Crippen LogP contribution in [0.3, 0.4) is 0 Å². The molecule has 0 aromatic carbocycles. The second kappa shape index (κ2) is 6.33. The number of hydrazine groups is 1. The number of rotatable bonds is 4. The molecular formula is C8H12ClN5O2. The van der Waals surface area contributed by atoms with E-state index in [1.54, 1.807) is 6.92 Å². The number of amidine groups is 1. The lowest BCUT2D eigenvalue weighted by atomic mass is 10.5. The van der Waals surface area contributed by atoms with Gasteiger partial charge in [-0.3, -0.25) is 0 Å². The molecule has 0 aliphatic rings. The van der Waals surface area contributed by atoms with Gasteiger partial charge < -0.3 is 15.3 Å². The molecule has 88 valence electrons. The fourth-order valence-corrected chi connectivity index (χ4v) is 0.907. The monoisotopic (exact) mass is 245 g/mol. The number of nitrogens with one attached hydrogen (secondary N) is 2. The summed E-state index contributed by atoms with van der Waals surface area (Å²) >= 11 is 5.52. The van der Waals surface area contributed by atoms with E-state index in [2.05, 4.69) is 30.5 Å². The summed E-state index contributed by atoms with van der Waals surface area (Å²) in [5.74, 6) is 0.516. The smallest absolute Gasteiger partial charge is 0.230 e. The van der Waals surface area contributed by atoms with E-state index in [0.29, 0.717) is 11.5 Å². The van der Waals surface area contributed by atoms with Crippen molar-refractivity contribution in [3.05, 3.63) is 17.7 Å². The first-order valence-corrected chi connectivity index (χ1v) is 4.75. The number of aliphatic hydroxyl groups is 1. The number of aliphatic imine (C=N–C) groups is 1. The number of methoxy groups -OCH3 is 1. The summed E-state index contributed by atoms with van der Waals surface area (Å²) in [7, 11) is 1.36. The molecule has 8 heteroatoms. The number of aromatic nitrogens is 2. The van der Waals surface area contributed by atoms with Crippen LogP contribution in [0.2, 0.25) is 5.28 Å². The van der Waals surface area contributed by atoms with E-state index in [1.165, 1.54) is 19.5 Å². The van der Waals surface area contributed by atoms with Crippen molar-refractivity contribution >= 4 is 23.1 Å². The van der Waals surface area contributed by atoms with Gasteiger partial charge in [-0.1, -0.05) is 0 Å². The number of aliphatic hydroxyl groups excluding tert-OH is 1. The van der Waals surface area contributed by atoms with E-state index >= 15 is 0 Å². The number of hydrogen-bond acceptors (Lipinski definition) is 6. The Hall–Kier alpha value is -1.28. The lowest BCUT2D eigenvalue weighted by molar-refractivity contribution is -0.101. The lowest BCUT2D eigenvalue weighted by Crippen LogP contribution is -2.44. The summed E-state index contributed by atoms with van der Waals surface area (Å²) in [5, 5.41) is 9.18. The van der Waals surface area contributed by atoms with Gasteiger partial charge in [-0.25, -0.2) is 15.0 Å². The Kier molecular flexibility index (Phi) is 5.06. The highest BCUT2D eigenvalue weighted by Crippen LogP contribution is 2.09. The van der Waals surface area contributed by atoms with Crippen LogP contribution in [0.5, 0.6) is 0 Å². The van der Waals surface area contributed by atoms with Crippen molar-refractivity contribution in [1.29, 1.82) is 0 Å². The Morgan fingerprint density at radius 3 is 2.75 bits per heavy atom. The Morgan fingerprint density at radius 1 is 1.56 bits per heavy atom. The van der Waals surface area contributed by atoms with Crippen molar-refractivity contribution in [2.45, 2.75) is 13.3 Å². The van der Waals surface area contributed by atoms with Gasteiger partial charge in [0.25, 0.3) is 0 Å². The fourth-order valence-electron chi connectivity index (χ4n) is 0.810. The Balaban J connectivity index is 2.52. The molecule has 1 unspecified atom stereocenters. The highest BCUT2D eigenvalue weighted by atomic mass is 35.5. The van der Waals surface area contributed by atoms with Gasteiger partial charge in [-0.15, -0.1) is 0 Å². The molecule has 0 bridgehead atoms. The second-order valence-corrected chi connectivity index (χ2v) is 3.10. The zero-order valence-electron chi connectivity index (χ0n) is 8.81. The van der Waals surface area contributed by atoms with Crippen LogP contribution < -0.4 is 10.9 Å². The number of hydrogen-bond donors (Lipinski definition) is 3. The number of ether oxygens (including phenoxy) is 1. The predicted molar refractivity (Wildman–Crippen MR) is 59.1 cm³/mol. The average Bonchev–Trinajstić information content (AvgIpc) is 2.29. The van der Waals surface area contributed by atoms with Gasteiger partial charge in [0.15, 0.2) is 0 Å². The van der Waals surface area contributed by atoms with Crippen molar-refractivity contribution < 1.29 is 9.84 Å². The van der Waals surface area contributed by atoms with Crippen molar-refractivity contribution in [3.63, 3.8) is 0 Å². The van der Waals surface area contributed by atoms with Crippen molar-refractivity contribution in [2.75, 3.05) is 7.11 Å². The molecule has 1 rings (SSSR count). The van der Waals surface area contributed by atoms with Gasteiger partial charge in [-0.05, 0) is 18.5 Å². The van der Waals surface area contributed by atoms with Gasteiger partial charge in [-0.2, -0.15) is 5.43 Å². The zero-order chi connectivity index (χ0) is 12.0. The molecule has 1 aromatic heterocycles. The summed E-state index contributed by atoms with van der Waals surface area (Å²) in [5.41, 5.74) is 5.63. The summed E-state index contributed by atoms with van der Waals surface area (Å²) in [6.07, 6.45) is 1.85. The summed E-state index contributed by atoms with van der Waals surface area (Å²) in [4.78, 5) is 11.6. The Bertz CT molecular complexity index is 356. The van der Waals surface area contributed by atoms with Crippen molar-refractivity contribution in [1.82, 2.24) is 20.8 Å². The maximum Gasteiger partial charge on any atom is 0.230 e. The van der Waals surface area contributed by atoms with Crippen LogP contribution in [0.1, 0.15) is 6.92 Å². The molecule has 0 aliphatic heterocycles. The zero-order valence-corrected chi connectivity index (χ0v) is 9.56. The molecule has 0 aliphatic carbocycles. The van der Waals surface area contributed by atoms with E-state index in [9.17, 15) is 0 Å². The maximum atomic E-state index is 9.02. The molecule has 1 atom stereocenters. The molecule has 1 heterocycles. The highest BCUT2D eigenvalue weighted by Gasteiger charge is 1.99. The third kappa shape index (κ3) is 4.49. The van der Waals surface area contributed by atoms with E-state index < -0.39 is 6.41 Å². The molecule has 0 amide bonds. The lowest BCUT2D eigenvalue weighted by Gasteiger charge is -2.11. The van der Waals surface area contributed by atoms with Crippen LogP contribution in [0.4, 0.5) is 5.69 Å². The quantitative estimate of drug-likeness (QED) is 0.231. The van der Waals surface area contributed by atoms with Crippen LogP contribution in [-0.2, 0) is 4.74 Å². The van der Waals surface area contributed by atoms with Crippen LogP contribution in [0.25, 0.3) is 0 Å². The van der Waals surface area contributed by atoms with Crippen molar-refractivity contribution in [2.24, 2.45) is 4.99 Å². The van der Waals surface area contributed by atoms with Gasteiger partial charge in [0, 0.05) is 7.11 Å². The molecule has 1 aromatic rings. The predicted octanol–water partition coefficient (Wildman–Crippen LogP) is 0.196. The van der Waals surface area contributed by atoms with E-state index in [0.717, 1.165) is 0 Å². The van der Waals surface area contributed by atoms with Crippen molar-refractivity contribution in [3.8, 4) is 0 Å². The third-order valence-electron chi connectivity index (χ3n) is 1.50. The molecule has 3 N–H and O–H groups in total. The molecule has 0 fully saturated rings. The van der Waals surface area contributed by atoms with E-state index in [-0.39, 0.29) is 5.28 Å². The molecule has 16 heavy (non-hydrogen) atoms. The van der Waals surface area contributed by atoms with Gasteiger partial charge in [0.1, 0.15) is 11.5 Å². The maximum absolute atomic E-state index is 9.02. The molecule has 0 radical (unpaired) electrons. The molecular weight excluding hydrogens is 234 g/mol. The molecule has 7 nitrogen and oxygen atoms in total. The highest BCUT2D eigenvalue weighted by molar-refractivity contribution is 6.28.